The van der Waals surface area contributed by atoms with Crippen LogP contribution in [0.3, 0.4) is 0 Å². The van der Waals surface area contributed by atoms with Gasteiger partial charge in [-0.2, -0.15) is 0 Å². The highest BCUT2D eigenvalue weighted by Gasteiger charge is 2.16. The second-order valence-electron chi connectivity index (χ2n) is 6.21. The molecule has 0 aliphatic rings. The summed E-state index contributed by atoms with van der Waals surface area (Å²) in [5.41, 5.74) is 3.88. The molecule has 2 aromatic carbocycles. The molecule has 4 rings (SSSR count). The fourth-order valence-corrected chi connectivity index (χ4v) is 3.16. The lowest BCUT2D eigenvalue weighted by atomic mass is 10.2. The van der Waals surface area contributed by atoms with Gasteiger partial charge < -0.3 is 4.74 Å². The van der Waals surface area contributed by atoms with Crippen LogP contribution < -0.4 is 4.74 Å². The van der Waals surface area contributed by atoms with Crippen LogP contribution in [-0.2, 0) is 6.42 Å². The van der Waals surface area contributed by atoms with Crippen LogP contribution in [0.1, 0.15) is 18.2 Å². The van der Waals surface area contributed by atoms with Crippen LogP contribution in [0.2, 0.25) is 0 Å². The molecule has 0 radical (unpaired) electrons. The van der Waals surface area contributed by atoms with Gasteiger partial charge in [0.1, 0.15) is 11.6 Å². The number of hydrogen-bond acceptors (Lipinski definition) is 2. The largest absolute Gasteiger partial charge is 0.440 e. The van der Waals surface area contributed by atoms with Gasteiger partial charge in [-0.1, -0.05) is 31.2 Å². The Hall–Kier alpha value is -3.14. The van der Waals surface area contributed by atoms with E-state index in [1.807, 2.05) is 60.2 Å². The normalized spacial score (nSPS) is 11.0. The van der Waals surface area contributed by atoms with Gasteiger partial charge in [0.15, 0.2) is 0 Å². The first kappa shape index (κ1) is 16.3. The van der Waals surface area contributed by atoms with Crippen molar-refractivity contribution in [3.63, 3.8) is 0 Å². The van der Waals surface area contributed by atoms with Gasteiger partial charge in [0, 0.05) is 29.4 Å². The van der Waals surface area contributed by atoms with E-state index in [9.17, 15) is 4.39 Å². The van der Waals surface area contributed by atoms with Crippen LogP contribution in [0.25, 0.3) is 16.6 Å². The number of para-hydroxylation sites is 1. The zero-order valence-corrected chi connectivity index (χ0v) is 14.7. The minimum atomic E-state index is -0.316. The predicted molar refractivity (Wildman–Crippen MR) is 102 cm³/mol. The van der Waals surface area contributed by atoms with E-state index in [0.717, 1.165) is 34.3 Å². The molecular weight excluding hydrogens is 327 g/mol. The van der Waals surface area contributed by atoms with Crippen LogP contribution >= 0.6 is 0 Å². The third kappa shape index (κ3) is 2.84. The van der Waals surface area contributed by atoms with Crippen molar-refractivity contribution in [2.75, 3.05) is 0 Å². The van der Waals surface area contributed by atoms with E-state index < -0.39 is 0 Å². The molecule has 4 aromatic rings. The van der Waals surface area contributed by atoms with E-state index in [1.165, 1.54) is 12.1 Å². The smallest absolute Gasteiger partial charge is 0.205 e. The molecule has 2 aromatic heterocycles. The SMILES string of the molecule is CCc1nccc2cc(Oc3cc(F)ccc3C)n(-c3ccccc3)c12. The summed E-state index contributed by atoms with van der Waals surface area (Å²) in [6.07, 6.45) is 2.63. The number of rotatable bonds is 4. The standard InChI is InChI=1S/C22H19FN2O/c1-3-19-22-16(11-12-24-19)13-21(25(22)18-7-5-4-6-8-18)26-20-14-17(23)10-9-15(20)2/h4-14H,3H2,1-2H3. The number of ether oxygens (including phenoxy) is 1. The van der Waals surface area contributed by atoms with Crippen LogP contribution in [0, 0.1) is 12.7 Å². The monoisotopic (exact) mass is 346 g/mol. The van der Waals surface area contributed by atoms with E-state index in [1.54, 1.807) is 6.07 Å². The minimum absolute atomic E-state index is 0.316. The first-order valence-corrected chi connectivity index (χ1v) is 8.66. The Morgan fingerprint density at radius 1 is 1.04 bits per heavy atom. The topological polar surface area (TPSA) is 27.1 Å². The van der Waals surface area contributed by atoms with Crippen molar-refractivity contribution in [2.24, 2.45) is 0 Å². The van der Waals surface area contributed by atoms with Gasteiger partial charge in [-0.05, 0) is 43.2 Å². The van der Waals surface area contributed by atoms with Crippen molar-refractivity contribution in [3.05, 3.63) is 83.9 Å². The van der Waals surface area contributed by atoms with Crippen LogP contribution in [0.15, 0.2) is 66.9 Å². The Morgan fingerprint density at radius 3 is 2.62 bits per heavy atom. The highest BCUT2D eigenvalue weighted by molar-refractivity contribution is 5.86. The van der Waals surface area contributed by atoms with Crippen molar-refractivity contribution >= 4 is 10.9 Å². The van der Waals surface area contributed by atoms with Gasteiger partial charge in [-0.15, -0.1) is 0 Å². The average Bonchev–Trinajstić information content (AvgIpc) is 3.03. The first-order chi connectivity index (χ1) is 12.7. The van der Waals surface area contributed by atoms with Crippen molar-refractivity contribution < 1.29 is 9.13 Å². The van der Waals surface area contributed by atoms with Gasteiger partial charge >= 0.3 is 0 Å². The lowest BCUT2D eigenvalue weighted by Gasteiger charge is -2.14. The van der Waals surface area contributed by atoms with E-state index >= 15 is 0 Å². The molecule has 0 amide bonds. The summed E-state index contributed by atoms with van der Waals surface area (Å²) in [4.78, 5) is 4.53. The molecule has 0 saturated heterocycles. The van der Waals surface area contributed by atoms with Gasteiger partial charge in [-0.25, -0.2) is 4.39 Å². The highest BCUT2D eigenvalue weighted by Crippen LogP contribution is 2.35. The number of aryl methyl sites for hydroxylation is 2. The Labute approximate surface area is 151 Å². The lowest BCUT2D eigenvalue weighted by molar-refractivity contribution is 0.447. The predicted octanol–water partition coefficient (Wildman–Crippen LogP) is 5.83. The molecule has 0 bridgehead atoms. The number of benzene rings is 2. The summed E-state index contributed by atoms with van der Waals surface area (Å²) in [6.45, 7) is 3.99. The molecule has 0 aliphatic carbocycles. The number of fused-ring (bicyclic) bond motifs is 1. The molecule has 0 aliphatic heterocycles. The first-order valence-electron chi connectivity index (χ1n) is 8.66. The quantitative estimate of drug-likeness (QED) is 0.465. The van der Waals surface area contributed by atoms with Crippen molar-refractivity contribution in [1.82, 2.24) is 9.55 Å². The molecule has 3 nitrogen and oxygen atoms in total. The summed E-state index contributed by atoms with van der Waals surface area (Å²) in [5.74, 6) is 0.836. The molecule has 130 valence electrons. The lowest BCUT2D eigenvalue weighted by Crippen LogP contribution is -2.01. The van der Waals surface area contributed by atoms with E-state index in [4.69, 9.17) is 4.74 Å². The fraction of sp³-hybridized carbons (Fsp3) is 0.136. The summed E-state index contributed by atoms with van der Waals surface area (Å²) < 4.78 is 21.9. The van der Waals surface area contributed by atoms with E-state index in [-0.39, 0.29) is 5.82 Å². The third-order valence-electron chi connectivity index (χ3n) is 4.47. The summed E-state index contributed by atoms with van der Waals surface area (Å²) in [7, 11) is 0. The average molecular weight is 346 g/mol. The molecule has 4 heteroatoms. The van der Waals surface area contributed by atoms with Gasteiger partial charge in [-0.3, -0.25) is 9.55 Å². The molecule has 26 heavy (non-hydrogen) atoms. The number of halogens is 1. The maximum absolute atomic E-state index is 13.7. The second-order valence-corrected chi connectivity index (χ2v) is 6.21. The number of hydrogen-bond donors (Lipinski definition) is 0. The van der Waals surface area contributed by atoms with Crippen molar-refractivity contribution in [2.45, 2.75) is 20.3 Å². The van der Waals surface area contributed by atoms with Crippen molar-refractivity contribution in [3.8, 4) is 17.3 Å². The number of pyridine rings is 1. The molecule has 0 atom stereocenters. The minimum Gasteiger partial charge on any atom is -0.440 e. The fourth-order valence-electron chi connectivity index (χ4n) is 3.16. The Kier molecular flexibility index (Phi) is 4.17. The third-order valence-corrected chi connectivity index (χ3v) is 4.47. The van der Waals surface area contributed by atoms with Crippen LogP contribution in [0.5, 0.6) is 11.6 Å². The molecule has 0 fully saturated rings. The van der Waals surface area contributed by atoms with Crippen LogP contribution in [-0.4, -0.2) is 9.55 Å². The maximum atomic E-state index is 13.7. The van der Waals surface area contributed by atoms with Gasteiger partial charge in [0.25, 0.3) is 0 Å². The Balaban J connectivity index is 1.96. The Morgan fingerprint density at radius 2 is 1.85 bits per heavy atom. The number of nitrogens with zero attached hydrogens (tertiary/aromatic N) is 2. The van der Waals surface area contributed by atoms with Gasteiger partial charge in [0.2, 0.25) is 5.88 Å². The van der Waals surface area contributed by atoms with Crippen molar-refractivity contribution in [1.29, 1.82) is 0 Å². The molecule has 0 unspecified atom stereocenters. The highest BCUT2D eigenvalue weighted by atomic mass is 19.1. The maximum Gasteiger partial charge on any atom is 0.205 e. The molecule has 0 N–H and O–H groups in total. The zero-order valence-electron chi connectivity index (χ0n) is 14.7. The van der Waals surface area contributed by atoms with Gasteiger partial charge in [0.05, 0.1) is 11.2 Å². The molecule has 0 saturated carbocycles. The van der Waals surface area contributed by atoms with Crippen LogP contribution in [0.4, 0.5) is 4.39 Å². The molecular formula is C22H19FN2O. The Bertz CT molecular complexity index is 1070. The summed E-state index contributed by atoms with van der Waals surface area (Å²) in [5, 5.41) is 1.05. The summed E-state index contributed by atoms with van der Waals surface area (Å²) >= 11 is 0. The zero-order chi connectivity index (χ0) is 18.1. The number of aromatic nitrogens is 2. The molecule has 2 heterocycles. The van der Waals surface area contributed by atoms with E-state index in [0.29, 0.717) is 11.6 Å². The second kappa shape index (κ2) is 6.64. The van der Waals surface area contributed by atoms with E-state index in [2.05, 4.69) is 11.9 Å². The summed E-state index contributed by atoms with van der Waals surface area (Å²) in [6, 6.07) is 18.5. The molecule has 0 spiro atoms.